The molecule has 0 saturated heterocycles. The van der Waals surface area contributed by atoms with Crippen molar-refractivity contribution in [1.29, 1.82) is 0 Å². The molecule has 0 fully saturated rings. The zero-order valence-electron chi connectivity index (χ0n) is 15.5. The van der Waals surface area contributed by atoms with Gasteiger partial charge in [0.15, 0.2) is 11.5 Å². The first-order valence-electron chi connectivity index (χ1n) is 9.10. The average Bonchev–Trinajstić information content (AvgIpc) is 3.12. The molecule has 0 aliphatic heterocycles. The van der Waals surface area contributed by atoms with E-state index in [0.717, 1.165) is 18.6 Å². The quantitative estimate of drug-likeness (QED) is 0.562. The van der Waals surface area contributed by atoms with Gasteiger partial charge in [0.25, 0.3) is 0 Å². The van der Waals surface area contributed by atoms with Gasteiger partial charge < -0.3 is 5.32 Å². The van der Waals surface area contributed by atoms with Crippen molar-refractivity contribution in [1.82, 2.24) is 19.2 Å². The highest BCUT2D eigenvalue weighted by molar-refractivity contribution is 5.94. The number of rotatable bonds is 5. The zero-order valence-corrected chi connectivity index (χ0v) is 15.5. The highest BCUT2D eigenvalue weighted by Crippen LogP contribution is 2.18. The molecule has 9 heteroatoms. The van der Waals surface area contributed by atoms with Gasteiger partial charge in [-0.25, -0.2) is 18.6 Å². The SMILES string of the molecule is CCCc1nc2c3ccccc3n(CC(=O)Nc3ccc(F)cc3F)c(=O)n2n1. The lowest BCUT2D eigenvalue weighted by Gasteiger charge is -2.11. The molecular weight excluding hydrogens is 380 g/mol. The Morgan fingerprint density at radius 3 is 2.72 bits per heavy atom. The molecule has 0 unspecified atom stereocenters. The normalized spacial score (nSPS) is 11.3. The third kappa shape index (κ3) is 3.46. The fraction of sp³-hybridized carbons (Fsp3) is 0.200. The smallest absolute Gasteiger partial charge is 0.322 e. The van der Waals surface area contributed by atoms with Gasteiger partial charge in [-0.15, -0.1) is 5.10 Å². The Labute approximate surface area is 163 Å². The van der Waals surface area contributed by atoms with Gasteiger partial charge in [0.1, 0.15) is 18.2 Å². The summed E-state index contributed by atoms with van der Waals surface area (Å²) in [5, 5.41) is 7.30. The molecule has 0 radical (unpaired) electrons. The van der Waals surface area contributed by atoms with Gasteiger partial charge in [0.05, 0.1) is 11.2 Å². The van der Waals surface area contributed by atoms with Crippen molar-refractivity contribution >= 4 is 28.1 Å². The minimum Gasteiger partial charge on any atom is -0.322 e. The van der Waals surface area contributed by atoms with Crippen LogP contribution in [0.3, 0.4) is 0 Å². The molecule has 4 rings (SSSR count). The summed E-state index contributed by atoms with van der Waals surface area (Å²) in [6.45, 7) is 1.62. The zero-order chi connectivity index (χ0) is 20.5. The van der Waals surface area contributed by atoms with Crippen LogP contribution in [-0.2, 0) is 17.8 Å². The largest absolute Gasteiger partial charge is 0.351 e. The van der Waals surface area contributed by atoms with E-state index in [2.05, 4.69) is 15.4 Å². The first-order chi connectivity index (χ1) is 14.0. The van der Waals surface area contributed by atoms with Crippen molar-refractivity contribution in [2.75, 3.05) is 5.32 Å². The Kier molecular flexibility index (Phi) is 4.79. The Morgan fingerprint density at radius 2 is 1.97 bits per heavy atom. The molecule has 4 aromatic rings. The molecule has 0 bridgehead atoms. The fourth-order valence-electron chi connectivity index (χ4n) is 3.18. The summed E-state index contributed by atoms with van der Waals surface area (Å²) in [5.41, 5.74) is 0.245. The van der Waals surface area contributed by atoms with E-state index in [1.54, 1.807) is 24.3 Å². The van der Waals surface area contributed by atoms with Crippen molar-refractivity contribution in [2.24, 2.45) is 0 Å². The van der Waals surface area contributed by atoms with Gasteiger partial charge in [-0.05, 0) is 30.7 Å². The van der Waals surface area contributed by atoms with E-state index in [0.29, 0.717) is 34.9 Å². The number of amides is 1. The molecule has 0 aliphatic carbocycles. The van der Waals surface area contributed by atoms with E-state index in [1.165, 1.54) is 9.08 Å². The minimum absolute atomic E-state index is 0.166. The third-order valence-electron chi connectivity index (χ3n) is 4.48. The number of aromatic nitrogens is 4. The first kappa shape index (κ1) is 18.7. The molecule has 1 N–H and O–H groups in total. The number of carbonyl (C=O) groups excluding carboxylic acids is 1. The third-order valence-corrected chi connectivity index (χ3v) is 4.48. The van der Waals surface area contributed by atoms with Crippen molar-refractivity contribution in [3.8, 4) is 0 Å². The van der Waals surface area contributed by atoms with E-state index in [-0.39, 0.29) is 12.2 Å². The van der Waals surface area contributed by atoms with E-state index in [1.807, 2.05) is 6.92 Å². The maximum Gasteiger partial charge on any atom is 0.351 e. The van der Waals surface area contributed by atoms with Crippen molar-refractivity contribution < 1.29 is 13.6 Å². The molecule has 2 heterocycles. The number of hydrogen-bond acceptors (Lipinski definition) is 4. The van der Waals surface area contributed by atoms with Crippen LogP contribution in [0.25, 0.3) is 16.6 Å². The van der Waals surface area contributed by atoms with Gasteiger partial charge in [-0.1, -0.05) is 19.1 Å². The molecular formula is C20H17F2N5O2. The van der Waals surface area contributed by atoms with Crippen LogP contribution >= 0.6 is 0 Å². The number of hydrogen-bond donors (Lipinski definition) is 1. The standard InChI is InChI=1S/C20H17F2N5O2/c1-2-5-17-24-19-13-6-3-4-7-16(13)26(20(29)27(19)25-17)11-18(28)23-15-9-8-12(21)10-14(15)22/h3-4,6-10H,2,5,11H2,1H3,(H,23,28). The number of benzene rings is 2. The number of nitrogens with one attached hydrogen (secondary N) is 1. The lowest BCUT2D eigenvalue weighted by Crippen LogP contribution is -2.32. The summed E-state index contributed by atoms with van der Waals surface area (Å²) in [4.78, 5) is 29.9. The highest BCUT2D eigenvalue weighted by Gasteiger charge is 2.17. The van der Waals surface area contributed by atoms with Gasteiger partial charge in [-0.3, -0.25) is 9.36 Å². The van der Waals surface area contributed by atoms with Crippen molar-refractivity contribution in [3.63, 3.8) is 0 Å². The highest BCUT2D eigenvalue weighted by atomic mass is 19.1. The first-order valence-corrected chi connectivity index (χ1v) is 9.10. The molecule has 0 spiro atoms. The molecule has 2 aromatic heterocycles. The summed E-state index contributed by atoms with van der Waals surface area (Å²) in [7, 11) is 0. The van der Waals surface area contributed by atoms with Gasteiger partial charge in [0, 0.05) is 17.9 Å². The van der Waals surface area contributed by atoms with E-state index in [4.69, 9.17) is 0 Å². The topological polar surface area (TPSA) is 81.3 Å². The van der Waals surface area contributed by atoms with Gasteiger partial charge >= 0.3 is 5.69 Å². The van der Waals surface area contributed by atoms with Crippen LogP contribution < -0.4 is 11.0 Å². The molecule has 2 aromatic carbocycles. The minimum atomic E-state index is -0.897. The van der Waals surface area contributed by atoms with Gasteiger partial charge in [-0.2, -0.15) is 4.52 Å². The second-order valence-corrected chi connectivity index (χ2v) is 6.57. The predicted octanol–water partition coefficient (Wildman–Crippen LogP) is 2.91. The average molecular weight is 397 g/mol. The number of aryl methyl sites for hydroxylation is 1. The van der Waals surface area contributed by atoms with Crippen molar-refractivity contribution in [2.45, 2.75) is 26.3 Å². The second kappa shape index (κ2) is 7.42. The summed E-state index contributed by atoms with van der Waals surface area (Å²) < 4.78 is 29.3. The Bertz CT molecular complexity index is 1300. The predicted molar refractivity (Wildman–Crippen MR) is 104 cm³/mol. The summed E-state index contributed by atoms with van der Waals surface area (Å²) in [6.07, 6.45) is 1.45. The van der Waals surface area contributed by atoms with Crippen LogP contribution in [0.5, 0.6) is 0 Å². The number of anilines is 1. The van der Waals surface area contributed by atoms with Crippen LogP contribution in [-0.4, -0.2) is 25.1 Å². The van der Waals surface area contributed by atoms with E-state index >= 15 is 0 Å². The van der Waals surface area contributed by atoms with E-state index in [9.17, 15) is 18.4 Å². The molecule has 0 aliphatic rings. The molecule has 1 amide bonds. The monoisotopic (exact) mass is 397 g/mol. The Hall–Kier alpha value is -3.62. The molecule has 0 atom stereocenters. The van der Waals surface area contributed by atoms with Crippen LogP contribution in [0, 0.1) is 11.6 Å². The molecule has 7 nitrogen and oxygen atoms in total. The van der Waals surface area contributed by atoms with Crippen LogP contribution in [0.2, 0.25) is 0 Å². The Balaban J connectivity index is 1.77. The lowest BCUT2D eigenvalue weighted by molar-refractivity contribution is -0.116. The second-order valence-electron chi connectivity index (χ2n) is 6.57. The number of halogens is 2. The maximum absolute atomic E-state index is 13.8. The number of fused-ring (bicyclic) bond motifs is 3. The number of carbonyl (C=O) groups is 1. The van der Waals surface area contributed by atoms with Crippen molar-refractivity contribution in [3.05, 3.63) is 70.4 Å². The van der Waals surface area contributed by atoms with E-state index < -0.39 is 23.2 Å². The molecule has 29 heavy (non-hydrogen) atoms. The maximum atomic E-state index is 13.8. The van der Waals surface area contributed by atoms with Gasteiger partial charge in [0.2, 0.25) is 5.91 Å². The van der Waals surface area contributed by atoms with Crippen LogP contribution in [0.15, 0.2) is 47.3 Å². The fourth-order valence-corrected chi connectivity index (χ4v) is 3.18. The molecule has 0 saturated carbocycles. The summed E-state index contributed by atoms with van der Waals surface area (Å²) in [5.74, 6) is -1.73. The summed E-state index contributed by atoms with van der Waals surface area (Å²) >= 11 is 0. The summed E-state index contributed by atoms with van der Waals surface area (Å²) in [6, 6.07) is 9.89. The van der Waals surface area contributed by atoms with Crippen LogP contribution in [0.4, 0.5) is 14.5 Å². The lowest BCUT2D eigenvalue weighted by atomic mass is 10.2. The molecule has 148 valence electrons. The number of para-hydroxylation sites is 1. The number of nitrogens with zero attached hydrogens (tertiary/aromatic N) is 4. The van der Waals surface area contributed by atoms with Crippen LogP contribution in [0.1, 0.15) is 19.2 Å². The Morgan fingerprint density at radius 1 is 1.17 bits per heavy atom.